The van der Waals surface area contributed by atoms with Gasteiger partial charge in [0.25, 0.3) is 0 Å². The Morgan fingerprint density at radius 1 is 1.44 bits per heavy atom. The van der Waals surface area contributed by atoms with E-state index in [9.17, 15) is 4.39 Å². The summed E-state index contributed by atoms with van der Waals surface area (Å²) in [7, 11) is 0. The van der Waals surface area contributed by atoms with E-state index in [-0.39, 0.29) is 11.9 Å². The number of rotatable bonds is 6. The molecule has 1 fully saturated rings. The van der Waals surface area contributed by atoms with E-state index in [0.29, 0.717) is 12.5 Å². The first-order valence-electron chi connectivity index (χ1n) is 6.93. The summed E-state index contributed by atoms with van der Waals surface area (Å²) in [5.41, 5.74) is 7.68. The summed E-state index contributed by atoms with van der Waals surface area (Å²) in [5.74, 6) is -0.119. The van der Waals surface area contributed by atoms with E-state index in [4.69, 9.17) is 5.73 Å². The van der Waals surface area contributed by atoms with Crippen LogP contribution in [0.15, 0.2) is 18.2 Å². The minimum atomic E-state index is -0.119. The lowest BCUT2D eigenvalue weighted by Gasteiger charge is -2.27. The standard InChI is InChI=1S/C15H23FN2/c1-3-9-18(12-7-8-12)15-6-4-5-14(16)13(15)10-11(2)17/h4-6,11-12H,3,7-10,17H2,1-2H3. The van der Waals surface area contributed by atoms with Crippen molar-refractivity contribution in [3.63, 3.8) is 0 Å². The molecule has 1 unspecified atom stereocenters. The summed E-state index contributed by atoms with van der Waals surface area (Å²) in [5, 5.41) is 0. The smallest absolute Gasteiger partial charge is 0.128 e. The summed E-state index contributed by atoms with van der Waals surface area (Å²) in [6, 6.07) is 5.98. The Hall–Kier alpha value is -1.09. The zero-order valence-electron chi connectivity index (χ0n) is 11.3. The molecule has 1 aliphatic rings. The highest BCUT2D eigenvalue weighted by atomic mass is 19.1. The van der Waals surface area contributed by atoms with Crippen LogP contribution in [0.2, 0.25) is 0 Å². The minimum Gasteiger partial charge on any atom is -0.368 e. The van der Waals surface area contributed by atoms with Gasteiger partial charge in [0.15, 0.2) is 0 Å². The van der Waals surface area contributed by atoms with Crippen LogP contribution in [-0.4, -0.2) is 18.6 Å². The lowest BCUT2D eigenvalue weighted by atomic mass is 10.0. The van der Waals surface area contributed by atoms with Gasteiger partial charge in [-0.2, -0.15) is 0 Å². The van der Waals surface area contributed by atoms with Crippen LogP contribution in [0.25, 0.3) is 0 Å². The van der Waals surface area contributed by atoms with Crippen molar-refractivity contribution in [2.45, 2.75) is 51.6 Å². The third-order valence-corrected chi connectivity index (χ3v) is 3.38. The topological polar surface area (TPSA) is 29.3 Å². The monoisotopic (exact) mass is 250 g/mol. The molecule has 0 amide bonds. The van der Waals surface area contributed by atoms with Gasteiger partial charge in [-0.1, -0.05) is 13.0 Å². The fraction of sp³-hybridized carbons (Fsp3) is 0.600. The Morgan fingerprint density at radius 3 is 2.72 bits per heavy atom. The van der Waals surface area contributed by atoms with E-state index in [1.807, 2.05) is 13.0 Å². The average Bonchev–Trinajstić information content (AvgIpc) is 3.13. The van der Waals surface area contributed by atoms with E-state index >= 15 is 0 Å². The summed E-state index contributed by atoms with van der Waals surface area (Å²) >= 11 is 0. The van der Waals surface area contributed by atoms with Gasteiger partial charge in [-0.15, -0.1) is 0 Å². The Morgan fingerprint density at radius 2 is 2.17 bits per heavy atom. The highest BCUT2D eigenvalue weighted by Crippen LogP contribution is 2.34. The maximum Gasteiger partial charge on any atom is 0.128 e. The van der Waals surface area contributed by atoms with Crippen LogP contribution in [0.3, 0.4) is 0 Å². The van der Waals surface area contributed by atoms with Gasteiger partial charge in [-0.25, -0.2) is 4.39 Å². The van der Waals surface area contributed by atoms with Crippen molar-refractivity contribution in [1.29, 1.82) is 0 Å². The van der Waals surface area contributed by atoms with Crippen LogP contribution < -0.4 is 10.6 Å². The van der Waals surface area contributed by atoms with Gasteiger partial charge < -0.3 is 10.6 Å². The zero-order valence-corrected chi connectivity index (χ0v) is 11.3. The second kappa shape index (κ2) is 5.70. The summed E-state index contributed by atoms with van der Waals surface area (Å²) in [4.78, 5) is 2.36. The molecule has 1 aromatic carbocycles. The third kappa shape index (κ3) is 3.02. The van der Waals surface area contributed by atoms with Crippen molar-refractivity contribution >= 4 is 5.69 Å². The molecule has 0 saturated heterocycles. The largest absolute Gasteiger partial charge is 0.368 e. The molecule has 0 aliphatic heterocycles. The predicted octanol–water partition coefficient (Wildman–Crippen LogP) is 3.09. The van der Waals surface area contributed by atoms with Gasteiger partial charge in [0.1, 0.15) is 5.82 Å². The summed E-state index contributed by atoms with van der Waals surface area (Å²) in [6.45, 7) is 5.09. The number of nitrogens with two attached hydrogens (primary N) is 1. The number of anilines is 1. The van der Waals surface area contributed by atoms with E-state index < -0.39 is 0 Å². The molecule has 1 saturated carbocycles. The van der Waals surface area contributed by atoms with Crippen LogP contribution >= 0.6 is 0 Å². The van der Waals surface area contributed by atoms with Crippen LogP contribution in [0.4, 0.5) is 10.1 Å². The number of hydrogen-bond donors (Lipinski definition) is 1. The van der Waals surface area contributed by atoms with Crippen LogP contribution in [-0.2, 0) is 6.42 Å². The maximum atomic E-state index is 14.0. The molecule has 0 aromatic heterocycles. The zero-order chi connectivity index (χ0) is 13.1. The second-order valence-corrected chi connectivity index (χ2v) is 5.34. The average molecular weight is 250 g/mol. The quantitative estimate of drug-likeness (QED) is 0.840. The van der Waals surface area contributed by atoms with Crippen molar-refractivity contribution in [1.82, 2.24) is 0 Å². The van der Waals surface area contributed by atoms with E-state index in [1.165, 1.54) is 18.9 Å². The molecule has 1 aliphatic carbocycles. The molecule has 0 bridgehead atoms. The van der Waals surface area contributed by atoms with Gasteiger partial charge >= 0.3 is 0 Å². The first-order valence-corrected chi connectivity index (χ1v) is 6.93. The number of halogens is 1. The fourth-order valence-electron chi connectivity index (χ4n) is 2.47. The molecule has 1 atom stereocenters. The lowest BCUT2D eigenvalue weighted by molar-refractivity contribution is 0.593. The van der Waals surface area contributed by atoms with Crippen molar-refractivity contribution in [2.24, 2.45) is 5.73 Å². The van der Waals surface area contributed by atoms with Gasteiger partial charge in [0, 0.05) is 29.9 Å². The van der Waals surface area contributed by atoms with Crippen molar-refractivity contribution < 1.29 is 4.39 Å². The molecular formula is C15H23FN2. The van der Waals surface area contributed by atoms with Gasteiger partial charge in [0.2, 0.25) is 0 Å². The molecule has 1 aromatic rings. The normalized spacial score (nSPS) is 16.7. The maximum absolute atomic E-state index is 14.0. The van der Waals surface area contributed by atoms with E-state index in [0.717, 1.165) is 24.2 Å². The van der Waals surface area contributed by atoms with Gasteiger partial charge in [0.05, 0.1) is 0 Å². The molecule has 3 heteroatoms. The molecule has 0 radical (unpaired) electrons. The molecular weight excluding hydrogens is 227 g/mol. The van der Waals surface area contributed by atoms with E-state index in [2.05, 4.69) is 11.8 Å². The van der Waals surface area contributed by atoms with Gasteiger partial charge in [-0.05, 0) is 44.7 Å². The third-order valence-electron chi connectivity index (χ3n) is 3.38. The van der Waals surface area contributed by atoms with Gasteiger partial charge in [-0.3, -0.25) is 0 Å². The van der Waals surface area contributed by atoms with Crippen LogP contribution in [0.5, 0.6) is 0 Å². The minimum absolute atomic E-state index is 0.0108. The fourth-order valence-corrected chi connectivity index (χ4v) is 2.47. The molecule has 2 rings (SSSR count). The Balaban J connectivity index is 2.31. The van der Waals surface area contributed by atoms with Crippen molar-refractivity contribution in [3.8, 4) is 0 Å². The van der Waals surface area contributed by atoms with E-state index in [1.54, 1.807) is 6.07 Å². The highest BCUT2D eigenvalue weighted by Gasteiger charge is 2.30. The van der Waals surface area contributed by atoms with Crippen LogP contribution in [0, 0.1) is 5.82 Å². The number of nitrogens with zero attached hydrogens (tertiary/aromatic N) is 1. The lowest BCUT2D eigenvalue weighted by Crippen LogP contribution is -2.29. The Bertz CT molecular complexity index is 399. The summed E-state index contributed by atoms with van der Waals surface area (Å²) in [6.07, 6.45) is 4.15. The van der Waals surface area contributed by atoms with Crippen molar-refractivity contribution in [2.75, 3.05) is 11.4 Å². The summed E-state index contributed by atoms with van der Waals surface area (Å²) < 4.78 is 14.0. The van der Waals surface area contributed by atoms with Crippen LogP contribution in [0.1, 0.15) is 38.7 Å². The molecule has 0 heterocycles. The molecule has 18 heavy (non-hydrogen) atoms. The number of hydrogen-bond acceptors (Lipinski definition) is 2. The SMILES string of the molecule is CCCN(c1cccc(F)c1CC(C)N)C1CC1. The predicted molar refractivity (Wildman–Crippen MR) is 74.4 cm³/mol. The molecule has 2 N–H and O–H groups in total. The Kier molecular flexibility index (Phi) is 4.23. The molecule has 2 nitrogen and oxygen atoms in total. The Labute approximate surface area is 109 Å². The number of benzene rings is 1. The van der Waals surface area contributed by atoms with Crippen molar-refractivity contribution in [3.05, 3.63) is 29.6 Å². The molecule has 100 valence electrons. The second-order valence-electron chi connectivity index (χ2n) is 5.34. The first-order chi connectivity index (χ1) is 8.63. The molecule has 0 spiro atoms. The highest BCUT2D eigenvalue weighted by molar-refractivity contribution is 5.56. The first kappa shape index (κ1) is 13.3.